The van der Waals surface area contributed by atoms with E-state index in [4.69, 9.17) is 11.6 Å². The summed E-state index contributed by atoms with van der Waals surface area (Å²) in [5, 5.41) is 3.75. The Morgan fingerprint density at radius 3 is 2.06 bits per heavy atom. The highest BCUT2D eigenvalue weighted by atomic mass is 35.5. The lowest BCUT2D eigenvalue weighted by molar-refractivity contribution is -0.120. The molecule has 0 bridgehead atoms. The molecule has 3 aromatic carbocycles. The Labute approximate surface area is 187 Å². The number of anilines is 2. The van der Waals surface area contributed by atoms with Crippen LogP contribution < -0.4 is 10.2 Å². The first-order chi connectivity index (χ1) is 14.8. The number of halogens is 1. The van der Waals surface area contributed by atoms with E-state index in [1.807, 2.05) is 70.2 Å². The third-order valence-electron chi connectivity index (χ3n) is 5.48. The van der Waals surface area contributed by atoms with Crippen molar-refractivity contribution in [3.8, 4) is 0 Å². The van der Waals surface area contributed by atoms with Gasteiger partial charge in [-0.2, -0.15) is 0 Å². The molecule has 0 fully saturated rings. The highest BCUT2D eigenvalue weighted by molar-refractivity contribution is 6.46. The fourth-order valence-corrected chi connectivity index (χ4v) is 3.85. The maximum atomic E-state index is 13.5. The molecule has 2 amide bonds. The summed E-state index contributed by atoms with van der Waals surface area (Å²) >= 11 is 6.28. The summed E-state index contributed by atoms with van der Waals surface area (Å²) < 4.78 is 0. The summed E-state index contributed by atoms with van der Waals surface area (Å²) in [6.45, 7) is 7.85. The Balaban J connectivity index is 1.84. The summed E-state index contributed by atoms with van der Waals surface area (Å²) in [6.07, 6.45) is 0. The van der Waals surface area contributed by atoms with Crippen molar-refractivity contribution in [2.45, 2.75) is 27.7 Å². The van der Waals surface area contributed by atoms with Gasteiger partial charge in [0, 0.05) is 10.7 Å². The molecule has 1 aliphatic heterocycles. The summed E-state index contributed by atoms with van der Waals surface area (Å²) in [5.74, 6) is -0.776. The Hall–Kier alpha value is -3.37. The van der Waals surface area contributed by atoms with Crippen LogP contribution in [0.5, 0.6) is 0 Å². The van der Waals surface area contributed by atoms with E-state index in [-0.39, 0.29) is 11.6 Å². The molecular formula is C26H23ClN2O2. The fourth-order valence-electron chi connectivity index (χ4n) is 3.68. The maximum Gasteiger partial charge on any atom is 0.282 e. The van der Waals surface area contributed by atoms with Gasteiger partial charge in [-0.3, -0.25) is 9.59 Å². The molecule has 156 valence electrons. The summed E-state index contributed by atoms with van der Waals surface area (Å²) in [6, 6.07) is 18.7. The van der Waals surface area contributed by atoms with Crippen molar-refractivity contribution in [1.82, 2.24) is 0 Å². The fraction of sp³-hybridized carbons (Fsp3) is 0.154. The molecule has 0 atom stereocenters. The second-order valence-corrected chi connectivity index (χ2v) is 8.35. The van der Waals surface area contributed by atoms with Crippen LogP contribution in [0.25, 0.3) is 5.57 Å². The highest BCUT2D eigenvalue weighted by Gasteiger charge is 2.40. The zero-order valence-corrected chi connectivity index (χ0v) is 18.7. The normalized spacial score (nSPS) is 13.9. The molecule has 0 saturated heterocycles. The number of carbonyl (C=O) groups excluding carboxylic acids is 2. The molecule has 1 N–H and O–H groups in total. The van der Waals surface area contributed by atoms with Crippen LogP contribution in [-0.2, 0) is 9.59 Å². The van der Waals surface area contributed by atoms with Gasteiger partial charge in [0.05, 0.1) is 11.3 Å². The van der Waals surface area contributed by atoms with Crippen LogP contribution in [0.1, 0.15) is 27.8 Å². The zero-order chi connectivity index (χ0) is 22.3. The van der Waals surface area contributed by atoms with Gasteiger partial charge >= 0.3 is 0 Å². The van der Waals surface area contributed by atoms with Crippen LogP contribution in [-0.4, -0.2) is 11.8 Å². The molecular weight excluding hydrogens is 408 g/mol. The van der Waals surface area contributed by atoms with E-state index < -0.39 is 5.91 Å². The number of imide groups is 1. The third-order valence-corrected chi connectivity index (χ3v) is 5.89. The smallest absolute Gasteiger partial charge is 0.282 e. The van der Waals surface area contributed by atoms with Crippen molar-refractivity contribution < 1.29 is 9.59 Å². The van der Waals surface area contributed by atoms with Gasteiger partial charge in [-0.05, 0) is 62.6 Å². The van der Waals surface area contributed by atoms with Gasteiger partial charge in [0.2, 0.25) is 0 Å². The molecule has 1 heterocycles. The van der Waals surface area contributed by atoms with E-state index >= 15 is 0 Å². The molecule has 0 spiro atoms. The van der Waals surface area contributed by atoms with Crippen molar-refractivity contribution in [2.24, 2.45) is 0 Å². The van der Waals surface area contributed by atoms with Crippen molar-refractivity contribution in [1.29, 1.82) is 0 Å². The molecule has 0 radical (unpaired) electrons. The van der Waals surface area contributed by atoms with Crippen LogP contribution in [0.2, 0.25) is 5.02 Å². The number of benzene rings is 3. The van der Waals surface area contributed by atoms with E-state index in [1.54, 1.807) is 18.2 Å². The zero-order valence-electron chi connectivity index (χ0n) is 17.9. The number of nitrogens with one attached hydrogen (secondary N) is 1. The molecule has 4 nitrogen and oxygen atoms in total. The van der Waals surface area contributed by atoms with Gasteiger partial charge in [0.1, 0.15) is 5.70 Å². The molecule has 1 aliphatic rings. The SMILES string of the molecule is Cc1ccc(C2=C(Nc3ccc(C)cc3C)C(=O)N(c3ccc(C)c(Cl)c3)C2=O)cc1. The number of hydrogen-bond donors (Lipinski definition) is 1. The Morgan fingerprint density at radius 1 is 0.742 bits per heavy atom. The van der Waals surface area contributed by atoms with Crippen LogP contribution in [0.3, 0.4) is 0 Å². The van der Waals surface area contributed by atoms with Crippen LogP contribution in [0.15, 0.2) is 66.4 Å². The monoisotopic (exact) mass is 430 g/mol. The van der Waals surface area contributed by atoms with Crippen molar-refractivity contribution in [3.63, 3.8) is 0 Å². The summed E-state index contributed by atoms with van der Waals surface area (Å²) in [7, 11) is 0. The predicted molar refractivity (Wildman–Crippen MR) is 126 cm³/mol. The number of carbonyl (C=O) groups is 2. The standard InChI is InChI=1S/C26H23ClN2O2/c1-15-5-9-19(10-6-15)23-24(28-22-12-7-16(2)13-18(22)4)26(31)29(25(23)30)20-11-8-17(3)21(27)14-20/h5-14,28H,1-4H3. The van der Waals surface area contributed by atoms with E-state index in [9.17, 15) is 9.59 Å². The first-order valence-electron chi connectivity index (χ1n) is 10.1. The summed E-state index contributed by atoms with van der Waals surface area (Å²) in [5.41, 5.74) is 6.62. The quantitative estimate of drug-likeness (QED) is 0.518. The first kappa shape index (κ1) is 20.9. The van der Waals surface area contributed by atoms with Gasteiger partial charge in [-0.1, -0.05) is 65.2 Å². The van der Waals surface area contributed by atoms with Crippen LogP contribution in [0, 0.1) is 27.7 Å². The third kappa shape index (κ3) is 3.87. The number of amides is 2. The van der Waals surface area contributed by atoms with Crippen LogP contribution in [0.4, 0.5) is 11.4 Å². The minimum absolute atomic E-state index is 0.262. The summed E-state index contributed by atoms with van der Waals surface area (Å²) in [4.78, 5) is 28.2. The highest BCUT2D eigenvalue weighted by Crippen LogP contribution is 2.35. The predicted octanol–water partition coefficient (Wildman–Crippen LogP) is 5.97. The first-order valence-corrected chi connectivity index (χ1v) is 10.4. The minimum Gasteiger partial charge on any atom is -0.350 e. The number of rotatable bonds is 4. The molecule has 0 saturated carbocycles. The van der Waals surface area contributed by atoms with Gasteiger partial charge < -0.3 is 5.32 Å². The molecule has 0 unspecified atom stereocenters. The second kappa shape index (κ2) is 8.05. The average Bonchev–Trinajstić information content (AvgIpc) is 2.97. The minimum atomic E-state index is -0.402. The maximum absolute atomic E-state index is 13.5. The lowest BCUT2D eigenvalue weighted by Gasteiger charge is -2.16. The number of aryl methyl sites for hydroxylation is 4. The van der Waals surface area contributed by atoms with Gasteiger partial charge in [-0.25, -0.2) is 4.90 Å². The van der Waals surface area contributed by atoms with E-state index in [1.165, 1.54) is 4.90 Å². The molecule has 31 heavy (non-hydrogen) atoms. The van der Waals surface area contributed by atoms with Gasteiger partial charge in [-0.15, -0.1) is 0 Å². The average molecular weight is 431 g/mol. The van der Waals surface area contributed by atoms with Gasteiger partial charge in [0.15, 0.2) is 0 Å². The molecule has 0 aliphatic carbocycles. The molecule has 5 heteroatoms. The Kier molecular flexibility index (Phi) is 5.42. The van der Waals surface area contributed by atoms with Crippen LogP contribution >= 0.6 is 11.6 Å². The lowest BCUT2D eigenvalue weighted by atomic mass is 10.0. The largest absolute Gasteiger partial charge is 0.350 e. The van der Waals surface area contributed by atoms with Crippen molar-refractivity contribution in [3.05, 3.63) is 99.2 Å². The van der Waals surface area contributed by atoms with Crippen molar-refractivity contribution in [2.75, 3.05) is 10.2 Å². The molecule has 0 aromatic heterocycles. The number of hydrogen-bond acceptors (Lipinski definition) is 3. The van der Waals surface area contributed by atoms with E-state index in [0.29, 0.717) is 21.8 Å². The van der Waals surface area contributed by atoms with Crippen molar-refractivity contribution >= 4 is 40.4 Å². The Morgan fingerprint density at radius 2 is 1.42 bits per heavy atom. The second-order valence-electron chi connectivity index (χ2n) is 7.94. The van der Waals surface area contributed by atoms with Gasteiger partial charge in [0.25, 0.3) is 11.8 Å². The lowest BCUT2D eigenvalue weighted by Crippen LogP contribution is -2.32. The number of nitrogens with zero attached hydrogens (tertiary/aromatic N) is 1. The topological polar surface area (TPSA) is 49.4 Å². The molecule has 3 aromatic rings. The molecule has 4 rings (SSSR count). The van der Waals surface area contributed by atoms with E-state index in [2.05, 4.69) is 5.32 Å². The Bertz CT molecular complexity index is 1240. The van der Waals surface area contributed by atoms with E-state index in [0.717, 1.165) is 27.9 Å².